The van der Waals surface area contributed by atoms with Crippen LogP contribution < -0.4 is 10.0 Å². The highest BCUT2D eigenvalue weighted by molar-refractivity contribution is 7.91. The number of carbonyl (C=O) groups is 1. The number of rotatable bonds is 7. The van der Waals surface area contributed by atoms with E-state index in [1.807, 2.05) is 18.7 Å². The van der Waals surface area contributed by atoms with E-state index in [2.05, 4.69) is 4.90 Å². The summed E-state index contributed by atoms with van der Waals surface area (Å²) in [6.07, 6.45) is 1.80. The summed E-state index contributed by atoms with van der Waals surface area (Å²) in [5, 5.41) is 5.16. The van der Waals surface area contributed by atoms with Crippen LogP contribution in [0.2, 0.25) is 0 Å². The second kappa shape index (κ2) is 9.41. The first-order valence-electron chi connectivity index (χ1n) is 9.59. The van der Waals surface area contributed by atoms with Crippen molar-refractivity contribution in [3.8, 4) is 0 Å². The first-order chi connectivity index (χ1) is 13.5. The smallest absolute Gasteiger partial charge is 0.238 e. The molecule has 0 bridgehead atoms. The van der Waals surface area contributed by atoms with Gasteiger partial charge >= 0.3 is 0 Å². The normalized spacial score (nSPS) is 16.5. The molecule has 2 N–H and O–H groups in total. The van der Waals surface area contributed by atoms with Gasteiger partial charge in [0.1, 0.15) is 0 Å². The third kappa shape index (κ3) is 6.14. The number of amides is 1. The Bertz CT molecular complexity index is 943. The van der Waals surface area contributed by atoms with E-state index in [9.17, 15) is 21.6 Å². The molecule has 1 aliphatic heterocycles. The molecular formula is C18H30N4O5S2. The number of sulfone groups is 1. The minimum Gasteiger partial charge on any atom is -0.369 e. The van der Waals surface area contributed by atoms with Gasteiger partial charge in [-0.25, -0.2) is 22.0 Å². The van der Waals surface area contributed by atoms with E-state index in [0.29, 0.717) is 45.0 Å². The molecule has 0 saturated carbocycles. The molecular weight excluding hydrogens is 416 g/mol. The van der Waals surface area contributed by atoms with E-state index in [0.717, 1.165) is 25.3 Å². The molecule has 1 aromatic carbocycles. The SMILES string of the molecule is CCN(CC)C(=O)CN1CCCN(c2ccc(S(N)(=O)=O)cc2S(C)(=O)=O)CC1. The minimum absolute atomic E-state index is 0.0586. The van der Waals surface area contributed by atoms with Crippen molar-refractivity contribution in [1.82, 2.24) is 9.80 Å². The number of hydrogen-bond acceptors (Lipinski definition) is 7. The van der Waals surface area contributed by atoms with Crippen LogP contribution in [0.1, 0.15) is 20.3 Å². The second-order valence-corrected chi connectivity index (χ2v) is 10.7. The molecule has 0 spiro atoms. The molecule has 1 saturated heterocycles. The predicted octanol–water partition coefficient (Wildman–Crippen LogP) is 0.118. The first kappa shape index (κ1) is 23.6. The first-order valence-corrected chi connectivity index (χ1v) is 13.0. The van der Waals surface area contributed by atoms with Crippen LogP contribution in [-0.2, 0) is 24.7 Å². The van der Waals surface area contributed by atoms with Gasteiger partial charge in [-0.3, -0.25) is 9.69 Å². The Morgan fingerprint density at radius 3 is 2.28 bits per heavy atom. The lowest BCUT2D eigenvalue weighted by Crippen LogP contribution is -2.41. The van der Waals surface area contributed by atoms with E-state index in [1.54, 1.807) is 4.90 Å². The van der Waals surface area contributed by atoms with Gasteiger partial charge in [-0.15, -0.1) is 0 Å². The van der Waals surface area contributed by atoms with Crippen LogP contribution in [-0.4, -0.2) is 84.6 Å². The van der Waals surface area contributed by atoms with Gasteiger partial charge < -0.3 is 9.80 Å². The summed E-state index contributed by atoms with van der Waals surface area (Å²) in [4.78, 5) is 17.9. The Morgan fingerprint density at radius 2 is 1.72 bits per heavy atom. The molecule has 1 amide bonds. The number of sulfonamides is 1. The molecule has 1 aliphatic rings. The van der Waals surface area contributed by atoms with Crippen LogP contribution in [0.15, 0.2) is 28.0 Å². The number of carbonyl (C=O) groups excluding carboxylic acids is 1. The molecule has 29 heavy (non-hydrogen) atoms. The molecule has 164 valence electrons. The van der Waals surface area contributed by atoms with Crippen molar-refractivity contribution in [1.29, 1.82) is 0 Å². The maximum Gasteiger partial charge on any atom is 0.238 e. The van der Waals surface area contributed by atoms with E-state index in [1.165, 1.54) is 12.1 Å². The number of likely N-dealkylation sites (N-methyl/N-ethyl adjacent to an activating group) is 1. The van der Waals surface area contributed by atoms with Crippen LogP contribution in [0.4, 0.5) is 5.69 Å². The molecule has 0 unspecified atom stereocenters. The Labute approximate surface area is 173 Å². The highest BCUT2D eigenvalue weighted by Gasteiger charge is 2.24. The van der Waals surface area contributed by atoms with Gasteiger partial charge in [0.2, 0.25) is 15.9 Å². The van der Waals surface area contributed by atoms with Crippen molar-refractivity contribution in [2.45, 2.75) is 30.1 Å². The highest BCUT2D eigenvalue weighted by Crippen LogP contribution is 2.28. The Balaban J connectivity index is 2.23. The summed E-state index contributed by atoms with van der Waals surface area (Å²) in [6.45, 7) is 8.04. The van der Waals surface area contributed by atoms with E-state index in [4.69, 9.17) is 5.14 Å². The molecule has 2 rings (SSSR count). The molecule has 11 heteroatoms. The topological polar surface area (TPSA) is 121 Å². The average molecular weight is 447 g/mol. The highest BCUT2D eigenvalue weighted by atomic mass is 32.2. The predicted molar refractivity (Wildman–Crippen MR) is 112 cm³/mol. The Morgan fingerprint density at radius 1 is 1.07 bits per heavy atom. The van der Waals surface area contributed by atoms with Crippen molar-refractivity contribution in [2.75, 3.05) is 57.0 Å². The molecule has 9 nitrogen and oxygen atoms in total. The van der Waals surface area contributed by atoms with Crippen LogP contribution in [0, 0.1) is 0 Å². The summed E-state index contributed by atoms with van der Waals surface area (Å²) in [5.41, 5.74) is 0.455. The molecule has 0 atom stereocenters. The quantitative estimate of drug-likeness (QED) is 0.631. The van der Waals surface area contributed by atoms with E-state index in [-0.39, 0.29) is 15.7 Å². The largest absolute Gasteiger partial charge is 0.369 e. The van der Waals surface area contributed by atoms with Crippen molar-refractivity contribution in [2.24, 2.45) is 5.14 Å². The van der Waals surface area contributed by atoms with Gasteiger partial charge in [-0.05, 0) is 38.5 Å². The monoisotopic (exact) mass is 446 g/mol. The third-order valence-electron chi connectivity index (χ3n) is 5.06. The van der Waals surface area contributed by atoms with Crippen molar-refractivity contribution in [3.05, 3.63) is 18.2 Å². The van der Waals surface area contributed by atoms with Crippen molar-refractivity contribution in [3.63, 3.8) is 0 Å². The van der Waals surface area contributed by atoms with Gasteiger partial charge in [-0.1, -0.05) is 0 Å². The van der Waals surface area contributed by atoms with Crippen LogP contribution in [0.25, 0.3) is 0 Å². The number of anilines is 1. The number of benzene rings is 1. The lowest BCUT2D eigenvalue weighted by molar-refractivity contribution is -0.132. The molecule has 0 aromatic heterocycles. The zero-order chi connectivity index (χ0) is 21.8. The summed E-state index contributed by atoms with van der Waals surface area (Å²) >= 11 is 0. The van der Waals surface area contributed by atoms with Crippen LogP contribution >= 0.6 is 0 Å². The third-order valence-corrected chi connectivity index (χ3v) is 7.10. The van der Waals surface area contributed by atoms with E-state index < -0.39 is 19.9 Å². The van der Waals surface area contributed by atoms with Gasteiger partial charge in [0, 0.05) is 45.5 Å². The zero-order valence-electron chi connectivity index (χ0n) is 17.2. The number of nitrogens with zero attached hydrogens (tertiary/aromatic N) is 3. The molecule has 1 heterocycles. The molecule has 0 radical (unpaired) electrons. The minimum atomic E-state index is -4.01. The standard InChI is InChI=1S/C18H30N4O5S2/c1-4-21(5-2)18(23)14-20-9-6-10-22(12-11-20)16-8-7-15(29(19,26)27)13-17(16)28(3,24)25/h7-8,13H,4-6,9-12,14H2,1-3H3,(H2,19,26,27). The molecule has 0 aliphatic carbocycles. The van der Waals surface area contributed by atoms with Gasteiger partial charge in [0.25, 0.3) is 0 Å². The van der Waals surface area contributed by atoms with Crippen molar-refractivity contribution >= 4 is 31.5 Å². The summed E-state index contributed by atoms with van der Waals surface area (Å²) in [7, 11) is -7.67. The fourth-order valence-corrected chi connectivity index (χ4v) is 5.00. The molecule has 1 fully saturated rings. The Kier molecular flexibility index (Phi) is 7.66. The van der Waals surface area contributed by atoms with Crippen LogP contribution in [0.3, 0.4) is 0 Å². The number of nitrogens with two attached hydrogens (primary N) is 1. The summed E-state index contributed by atoms with van der Waals surface area (Å²) in [5.74, 6) is 0.0813. The number of primary sulfonamides is 1. The van der Waals surface area contributed by atoms with Crippen LogP contribution in [0.5, 0.6) is 0 Å². The van der Waals surface area contributed by atoms with Crippen molar-refractivity contribution < 1.29 is 21.6 Å². The fourth-order valence-electron chi connectivity index (χ4n) is 3.47. The van der Waals surface area contributed by atoms with Gasteiger partial charge in [-0.2, -0.15) is 0 Å². The maximum atomic E-state index is 12.4. The van der Waals surface area contributed by atoms with Gasteiger partial charge in [0.05, 0.1) is 22.0 Å². The maximum absolute atomic E-state index is 12.4. The second-order valence-electron chi connectivity index (χ2n) is 7.13. The van der Waals surface area contributed by atoms with E-state index >= 15 is 0 Å². The van der Waals surface area contributed by atoms with Gasteiger partial charge in [0.15, 0.2) is 9.84 Å². The Hall–Kier alpha value is -1.69. The fraction of sp³-hybridized carbons (Fsp3) is 0.611. The zero-order valence-corrected chi connectivity index (χ0v) is 18.8. The summed E-state index contributed by atoms with van der Waals surface area (Å²) in [6, 6.07) is 3.94. The lowest BCUT2D eigenvalue weighted by Gasteiger charge is -2.26. The molecule has 1 aromatic rings. The summed E-state index contributed by atoms with van der Waals surface area (Å²) < 4.78 is 47.8. The average Bonchev–Trinajstić information content (AvgIpc) is 2.86. The number of hydrogen-bond donors (Lipinski definition) is 1. The lowest BCUT2D eigenvalue weighted by atomic mass is 10.2.